The van der Waals surface area contributed by atoms with Gasteiger partial charge in [0.2, 0.25) is 0 Å². The summed E-state index contributed by atoms with van der Waals surface area (Å²) in [6, 6.07) is 17.4. The Hall–Kier alpha value is -3.18. The molecule has 1 spiro atoms. The molecule has 5 rings (SSSR count). The van der Waals surface area contributed by atoms with Crippen molar-refractivity contribution in [2.45, 2.75) is 77.9 Å². The van der Waals surface area contributed by atoms with Gasteiger partial charge in [-0.15, -0.1) is 0 Å². The van der Waals surface area contributed by atoms with Gasteiger partial charge in [-0.2, -0.15) is 0 Å². The van der Waals surface area contributed by atoms with E-state index in [1.165, 1.54) is 11.6 Å². The van der Waals surface area contributed by atoms with Gasteiger partial charge in [0.25, 0.3) is 0 Å². The normalized spacial score (nSPS) is 21.2. The fourth-order valence-electron chi connectivity index (χ4n) is 6.80. The Morgan fingerprint density at radius 2 is 1.87 bits per heavy atom. The lowest BCUT2D eigenvalue weighted by atomic mass is 9.52. The van der Waals surface area contributed by atoms with Gasteiger partial charge in [0.05, 0.1) is 12.0 Å². The standard InChI is InChI=1S/C34H39FO4/c1-21-8-13-30(35)26(17-21)25-12-9-22(18-27(25)31(38-5)33(2,3)4)20-39-24-11-10-23-7-6-15-34(29(23)19-24)16-14-28(34)32(36)37/h8-13,17-19,28,31H,6-7,14-16,20H2,1-5H3,(H,36,37)/t28-,31+,34+/m0/s1. The van der Waals surface area contributed by atoms with E-state index in [4.69, 9.17) is 9.47 Å². The van der Waals surface area contributed by atoms with Crippen LogP contribution >= 0.6 is 0 Å². The van der Waals surface area contributed by atoms with Crippen molar-refractivity contribution in [3.63, 3.8) is 0 Å². The highest BCUT2D eigenvalue weighted by Crippen LogP contribution is 2.55. The first-order valence-corrected chi connectivity index (χ1v) is 13.9. The zero-order valence-electron chi connectivity index (χ0n) is 23.6. The van der Waals surface area contributed by atoms with Crippen LogP contribution in [0.3, 0.4) is 0 Å². The maximum atomic E-state index is 15.0. The van der Waals surface area contributed by atoms with Crippen molar-refractivity contribution in [3.05, 3.63) is 88.2 Å². The summed E-state index contributed by atoms with van der Waals surface area (Å²) in [5.74, 6) is -0.509. The number of fused-ring (bicyclic) bond motifs is 2. The summed E-state index contributed by atoms with van der Waals surface area (Å²) in [5, 5.41) is 9.82. The Labute approximate surface area is 231 Å². The smallest absolute Gasteiger partial charge is 0.307 e. The number of ether oxygens (including phenoxy) is 2. The van der Waals surface area contributed by atoms with E-state index in [9.17, 15) is 14.3 Å². The maximum absolute atomic E-state index is 15.0. The second-order valence-electron chi connectivity index (χ2n) is 12.4. The molecule has 0 heterocycles. The number of aryl methyl sites for hydroxylation is 2. The molecule has 4 nitrogen and oxygen atoms in total. The van der Waals surface area contributed by atoms with Crippen LogP contribution in [-0.4, -0.2) is 18.2 Å². The van der Waals surface area contributed by atoms with Crippen LogP contribution in [0.1, 0.15) is 80.4 Å². The highest BCUT2D eigenvalue weighted by Gasteiger charge is 2.53. The van der Waals surface area contributed by atoms with Gasteiger partial charge in [-0.3, -0.25) is 4.79 Å². The monoisotopic (exact) mass is 530 g/mol. The van der Waals surface area contributed by atoms with E-state index in [1.54, 1.807) is 13.2 Å². The predicted molar refractivity (Wildman–Crippen MR) is 152 cm³/mol. The Bertz CT molecular complexity index is 1390. The van der Waals surface area contributed by atoms with Gasteiger partial charge in [-0.25, -0.2) is 4.39 Å². The number of halogens is 1. The van der Waals surface area contributed by atoms with E-state index in [0.29, 0.717) is 12.2 Å². The molecule has 5 heteroatoms. The molecule has 0 aromatic heterocycles. The van der Waals surface area contributed by atoms with Crippen molar-refractivity contribution in [2.75, 3.05) is 7.11 Å². The largest absolute Gasteiger partial charge is 0.489 e. The number of rotatable bonds is 7. The summed E-state index contributed by atoms with van der Waals surface area (Å²) < 4.78 is 27.2. The number of aliphatic carboxylic acids is 1. The molecule has 0 radical (unpaired) electrons. The van der Waals surface area contributed by atoms with Crippen LogP contribution in [0.5, 0.6) is 5.75 Å². The average Bonchev–Trinajstić information content (AvgIpc) is 2.87. The Balaban J connectivity index is 1.46. The van der Waals surface area contributed by atoms with Crippen molar-refractivity contribution < 1.29 is 23.8 Å². The molecule has 3 atom stereocenters. The number of benzene rings is 3. The van der Waals surface area contributed by atoms with Crippen LogP contribution < -0.4 is 4.74 Å². The predicted octanol–water partition coefficient (Wildman–Crippen LogP) is 8.18. The van der Waals surface area contributed by atoms with Gasteiger partial charge in [0.1, 0.15) is 18.2 Å². The van der Waals surface area contributed by atoms with Crippen LogP contribution in [0.15, 0.2) is 54.6 Å². The molecule has 2 aliphatic rings. The Kier molecular flexibility index (Phi) is 7.32. The lowest BCUT2D eigenvalue weighted by Crippen LogP contribution is -2.50. The minimum Gasteiger partial charge on any atom is -0.489 e. The van der Waals surface area contributed by atoms with Crippen LogP contribution in [0.25, 0.3) is 11.1 Å². The maximum Gasteiger partial charge on any atom is 0.307 e. The molecule has 0 aliphatic heterocycles. The van der Waals surface area contributed by atoms with Crippen LogP contribution in [0, 0.1) is 24.1 Å². The van der Waals surface area contributed by atoms with Crippen LogP contribution in [-0.2, 0) is 28.0 Å². The van der Waals surface area contributed by atoms with Crippen molar-refractivity contribution in [2.24, 2.45) is 11.3 Å². The number of carboxylic acid groups (broad SMARTS) is 1. The molecule has 0 bridgehead atoms. The summed E-state index contributed by atoms with van der Waals surface area (Å²) in [5.41, 5.74) is 6.22. The topological polar surface area (TPSA) is 55.8 Å². The molecule has 0 amide bonds. The van der Waals surface area contributed by atoms with E-state index in [0.717, 1.165) is 65.7 Å². The summed E-state index contributed by atoms with van der Waals surface area (Å²) >= 11 is 0. The first kappa shape index (κ1) is 27.4. The number of methoxy groups -OCH3 is 1. The van der Waals surface area contributed by atoms with Gasteiger partial charge >= 0.3 is 5.97 Å². The molecular weight excluding hydrogens is 491 g/mol. The molecule has 2 aliphatic carbocycles. The summed E-state index contributed by atoms with van der Waals surface area (Å²) in [7, 11) is 1.70. The van der Waals surface area contributed by atoms with E-state index in [1.807, 2.05) is 31.2 Å². The third-order valence-corrected chi connectivity index (χ3v) is 8.77. The molecule has 39 heavy (non-hydrogen) atoms. The minimum absolute atomic E-state index is 0.209. The third kappa shape index (κ3) is 5.09. The highest BCUT2D eigenvalue weighted by molar-refractivity contribution is 5.75. The van der Waals surface area contributed by atoms with Crippen molar-refractivity contribution in [1.29, 1.82) is 0 Å². The van der Waals surface area contributed by atoms with Gasteiger partial charge < -0.3 is 14.6 Å². The van der Waals surface area contributed by atoms with Gasteiger partial charge in [-0.1, -0.05) is 50.6 Å². The quantitative estimate of drug-likeness (QED) is 0.335. The summed E-state index contributed by atoms with van der Waals surface area (Å²) in [6.07, 6.45) is 4.35. The lowest BCUT2D eigenvalue weighted by molar-refractivity contribution is -0.150. The molecular formula is C34H39FO4. The first-order valence-electron chi connectivity index (χ1n) is 13.9. The summed E-state index contributed by atoms with van der Waals surface area (Å²) in [4.78, 5) is 11.9. The van der Waals surface area contributed by atoms with Gasteiger partial charge in [0, 0.05) is 18.1 Å². The number of hydrogen-bond donors (Lipinski definition) is 1. The van der Waals surface area contributed by atoms with E-state index in [2.05, 4.69) is 39.0 Å². The minimum atomic E-state index is -0.690. The molecule has 206 valence electrons. The fraction of sp³-hybridized carbons (Fsp3) is 0.441. The van der Waals surface area contributed by atoms with Crippen LogP contribution in [0.2, 0.25) is 0 Å². The molecule has 0 saturated heterocycles. The molecule has 1 saturated carbocycles. The molecule has 3 aromatic rings. The molecule has 0 unspecified atom stereocenters. The average molecular weight is 531 g/mol. The lowest BCUT2D eigenvalue weighted by Gasteiger charge is -2.51. The molecule has 3 aromatic carbocycles. The molecule has 1 fully saturated rings. The fourth-order valence-corrected chi connectivity index (χ4v) is 6.80. The highest BCUT2D eigenvalue weighted by atomic mass is 19.1. The number of hydrogen-bond acceptors (Lipinski definition) is 3. The van der Waals surface area contributed by atoms with E-state index in [-0.39, 0.29) is 28.7 Å². The second-order valence-corrected chi connectivity index (χ2v) is 12.4. The molecule has 1 N–H and O–H groups in total. The first-order chi connectivity index (χ1) is 18.5. The summed E-state index contributed by atoms with van der Waals surface area (Å²) in [6.45, 7) is 8.67. The zero-order valence-corrected chi connectivity index (χ0v) is 23.6. The van der Waals surface area contributed by atoms with E-state index < -0.39 is 5.97 Å². The van der Waals surface area contributed by atoms with Crippen molar-refractivity contribution in [3.8, 4) is 16.9 Å². The van der Waals surface area contributed by atoms with Crippen LogP contribution in [0.4, 0.5) is 4.39 Å². The third-order valence-electron chi connectivity index (χ3n) is 8.77. The SMILES string of the molecule is CO[C@H](c1cc(COc2ccc3c(c2)[C@]2(CCC3)CC[C@H]2C(=O)O)ccc1-c1cc(C)ccc1F)C(C)(C)C. The van der Waals surface area contributed by atoms with Gasteiger partial charge in [-0.05, 0) is 103 Å². The number of carbonyl (C=O) groups is 1. The Morgan fingerprint density at radius 3 is 2.54 bits per heavy atom. The van der Waals surface area contributed by atoms with Gasteiger partial charge in [0.15, 0.2) is 0 Å². The van der Waals surface area contributed by atoms with E-state index >= 15 is 0 Å². The number of carboxylic acids is 1. The zero-order chi connectivity index (χ0) is 27.9. The second kappa shape index (κ2) is 10.4. The Morgan fingerprint density at radius 1 is 1.08 bits per heavy atom. The van der Waals surface area contributed by atoms with Crippen molar-refractivity contribution in [1.82, 2.24) is 0 Å². The van der Waals surface area contributed by atoms with Crippen molar-refractivity contribution >= 4 is 5.97 Å².